The minimum absolute atomic E-state index is 0.170. The largest absolute Gasteiger partial charge is 0.334 e. The first kappa shape index (κ1) is 14.7. The van der Waals surface area contributed by atoms with E-state index in [2.05, 4.69) is 28.2 Å². The van der Waals surface area contributed by atoms with Crippen molar-refractivity contribution in [1.82, 2.24) is 0 Å². The van der Waals surface area contributed by atoms with Crippen molar-refractivity contribution in [3.05, 3.63) is 27.7 Å². The Labute approximate surface area is 137 Å². The first-order chi connectivity index (χ1) is 9.56. The Kier molecular flexibility index (Phi) is 4.34. The van der Waals surface area contributed by atoms with E-state index in [1.54, 1.807) is 0 Å². The van der Waals surface area contributed by atoms with Crippen LogP contribution in [-0.4, -0.2) is 16.5 Å². The summed E-state index contributed by atoms with van der Waals surface area (Å²) in [5.41, 5.74) is 1.09. The Morgan fingerprint density at radius 1 is 1.50 bits per heavy atom. The lowest BCUT2D eigenvalue weighted by atomic mass is 9.78. The summed E-state index contributed by atoms with van der Waals surface area (Å²) in [5, 5.41) is 5.13. The molecule has 1 aromatic carbocycles. The van der Waals surface area contributed by atoms with E-state index < -0.39 is 0 Å². The quantitative estimate of drug-likeness (QED) is 0.696. The fraction of sp³-hybridized carbons (Fsp3) is 0.533. The minimum atomic E-state index is 0.170. The van der Waals surface area contributed by atoms with E-state index in [4.69, 9.17) is 16.6 Å². The molecule has 2 aliphatic rings. The average Bonchev–Trinajstić information content (AvgIpc) is 2.76. The topological polar surface area (TPSA) is 24.4 Å². The summed E-state index contributed by atoms with van der Waals surface area (Å²) in [6.45, 7) is 2.34. The molecule has 1 spiro atoms. The van der Waals surface area contributed by atoms with Crippen LogP contribution < -0.4 is 5.32 Å². The van der Waals surface area contributed by atoms with Gasteiger partial charge in [0.25, 0.3) is 0 Å². The summed E-state index contributed by atoms with van der Waals surface area (Å²) >= 11 is 11.5. The van der Waals surface area contributed by atoms with E-state index in [0.29, 0.717) is 0 Å². The lowest BCUT2D eigenvalue weighted by Crippen LogP contribution is -2.33. The molecule has 1 heterocycles. The molecule has 0 aromatic heterocycles. The second kappa shape index (κ2) is 5.90. The van der Waals surface area contributed by atoms with Crippen LogP contribution in [0, 0.1) is 5.92 Å². The Hall–Kier alpha value is -0.190. The SMILES string of the molecule is CC1CCCC2(CSC(Nc3cc(Br)ccc3Cl)=N2)C1. The number of hydrogen-bond donors (Lipinski definition) is 1. The third-order valence-corrected chi connectivity index (χ3v) is 6.03. The lowest BCUT2D eigenvalue weighted by molar-refractivity contribution is 0.266. The first-order valence-corrected chi connectivity index (χ1v) is 9.17. The number of aliphatic imine (C=N–C) groups is 1. The van der Waals surface area contributed by atoms with E-state index in [1.165, 1.54) is 25.7 Å². The molecule has 108 valence electrons. The van der Waals surface area contributed by atoms with Crippen LogP contribution in [0.3, 0.4) is 0 Å². The summed E-state index contributed by atoms with van der Waals surface area (Å²) in [5.74, 6) is 1.90. The molecule has 2 nitrogen and oxygen atoms in total. The number of halogens is 2. The standard InChI is InChI=1S/C15H18BrClN2S/c1-10-3-2-6-15(8-10)9-20-14(19-15)18-13-7-11(16)4-5-12(13)17/h4-5,7,10H,2-3,6,8-9H2,1H3,(H,18,19). The van der Waals surface area contributed by atoms with Crippen molar-refractivity contribution in [2.24, 2.45) is 10.9 Å². The van der Waals surface area contributed by atoms with Crippen molar-refractivity contribution in [3.63, 3.8) is 0 Å². The van der Waals surface area contributed by atoms with Crippen LogP contribution in [0.4, 0.5) is 5.69 Å². The third kappa shape index (κ3) is 3.18. The van der Waals surface area contributed by atoms with Crippen LogP contribution in [0.15, 0.2) is 27.7 Å². The number of amidine groups is 1. The fourth-order valence-corrected chi connectivity index (χ4v) is 4.82. The van der Waals surface area contributed by atoms with Gasteiger partial charge in [-0.05, 0) is 37.0 Å². The van der Waals surface area contributed by atoms with Gasteiger partial charge >= 0.3 is 0 Å². The van der Waals surface area contributed by atoms with Gasteiger partial charge in [-0.25, -0.2) is 0 Å². The normalized spacial score (nSPS) is 29.6. The molecule has 0 radical (unpaired) electrons. The van der Waals surface area contributed by atoms with Gasteiger partial charge < -0.3 is 5.32 Å². The molecular weight excluding hydrogens is 356 g/mol. The molecule has 1 fully saturated rings. The van der Waals surface area contributed by atoms with Gasteiger partial charge in [-0.3, -0.25) is 4.99 Å². The Morgan fingerprint density at radius 3 is 3.15 bits per heavy atom. The van der Waals surface area contributed by atoms with Crippen molar-refractivity contribution in [1.29, 1.82) is 0 Å². The number of nitrogens with one attached hydrogen (secondary N) is 1. The molecule has 1 aliphatic heterocycles. The number of anilines is 1. The molecule has 0 bridgehead atoms. The van der Waals surface area contributed by atoms with Gasteiger partial charge in [-0.15, -0.1) is 0 Å². The molecule has 5 heteroatoms. The van der Waals surface area contributed by atoms with E-state index in [1.807, 2.05) is 30.0 Å². The van der Waals surface area contributed by atoms with Crippen molar-refractivity contribution in [2.75, 3.05) is 11.1 Å². The maximum atomic E-state index is 6.23. The van der Waals surface area contributed by atoms with Crippen molar-refractivity contribution in [2.45, 2.75) is 38.1 Å². The van der Waals surface area contributed by atoms with E-state index >= 15 is 0 Å². The second-order valence-corrected chi connectivity index (χ2v) is 8.17. The van der Waals surface area contributed by atoms with Crippen LogP contribution in [0.25, 0.3) is 0 Å². The molecule has 2 atom stereocenters. The maximum absolute atomic E-state index is 6.23. The summed E-state index contributed by atoms with van der Waals surface area (Å²) < 4.78 is 1.02. The Balaban J connectivity index is 1.77. The molecule has 1 aromatic rings. The number of nitrogens with zero attached hydrogens (tertiary/aromatic N) is 1. The number of thioether (sulfide) groups is 1. The predicted molar refractivity (Wildman–Crippen MR) is 93.0 cm³/mol. The zero-order valence-electron chi connectivity index (χ0n) is 11.5. The molecule has 0 amide bonds. The Bertz CT molecular complexity index is 549. The van der Waals surface area contributed by atoms with Gasteiger partial charge in [0, 0.05) is 10.2 Å². The van der Waals surface area contributed by atoms with Crippen LogP contribution in [0.1, 0.15) is 32.6 Å². The molecule has 20 heavy (non-hydrogen) atoms. The molecule has 2 unspecified atom stereocenters. The highest BCUT2D eigenvalue weighted by Gasteiger charge is 2.39. The molecule has 1 aliphatic carbocycles. The second-order valence-electron chi connectivity index (χ2n) is 5.88. The van der Waals surface area contributed by atoms with Crippen LogP contribution in [-0.2, 0) is 0 Å². The molecular formula is C15H18BrClN2S. The zero-order chi connectivity index (χ0) is 14.2. The van der Waals surface area contributed by atoms with Gasteiger partial charge in [0.2, 0.25) is 0 Å². The molecule has 1 saturated carbocycles. The van der Waals surface area contributed by atoms with Crippen LogP contribution in [0.2, 0.25) is 5.02 Å². The summed E-state index contributed by atoms with van der Waals surface area (Å²) in [4.78, 5) is 4.99. The smallest absolute Gasteiger partial charge is 0.161 e. The first-order valence-electron chi connectivity index (χ1n) is 7.01. The molecule has 3 rings (SSSR count). The van der Waals surface area contributed by atoms with Crippen molar-refractivity contribution >= 4 is 50.1 Å². The summed E-state index contributed by atoms with van der Waals surface area (Å²) in [6, 6.07) is 5.84. The van der Waals surface area contributed by atoms with Crippen LogP contribution >= 0.6 is 39.3 Å². The number of benzene rings is 1. The van der Waals surface area contributed by atoms with Crippen LogP contribution in [0.5, 0.6) is 0 Å². The van der Waals surface area contributed by atoms with Crippen molar-refractivity contribution in [3.8, 4) is 0 Å². The lowest BCUT2D eigenvalue weighted by Gasteiger charge is -2.33. The van der Waals surface area contributed by atoms with E-state index in [-0.39, 0.29) is 5.54 Å². The van der Waals surface area contributed by atoms with Gasteiger partial charge in [-0.1, -0.05) is 59.1 Å². The van der Waals surface area contributed by atoms with Gasteiger partial charge in [-0.2, -0.15) is 0 Å². The predicted octanol–water partition coefficient (Wildman–Crippen LogP) is 5.57. The highest BCUT2D eigenvalue weighted by atomic mass is 79.9. The number of rotatable bonds is 1. The third-order valence-electron chi connectivity index (χ3n) is 4.05. The Morgan fingerprint density at radius 2 is 2.35 bits per heavy atom. The monoisotopic (exact) mass is 372 g/mol. The maximum Gasteiger partial charge on any atom is 0.161 e. The summed E-state index contributed by atoms with van der Waals surface area (Å²) in [6.07, 6.45) is 5.09. The zero-order valence-corrected chi connectivity index (χ0v) is 14.6. The highest BCUT2D eigenvalue weighted by molar-refractivity contribution is 9.10. The van der Waals surface area contributed by atoms with E-state index in [0.717, 1.165) is 32.0 Å². The molecule has 1 N–H and O–H groups in total. The van der Waals surface area contributed by atoms with Gasteiger partial charge in [0.1, 0.15) is 0 Å². The highest BCUT2D eigenvalue weighted by Crippen LogP contribution is 2.42. The fourth-order valence-electron chi connectivity index (χ4n) is 3.12. The van der Waals surface area contributed by atoms with Gasteiger partial charge in [0.15, 0.2) is 5.17 Å². The number of hydrogen-bond acceptors (Lipinski definition) is 3. The molecule has 0 saturated heterocycles. The van der Waals surface area contributed by atoms with Crippen molar-refractivity contribution < 1.29 is 0 Å². The van der Waals surface area contributed by atoms with E-state index in [9.17, 15) is 0 Å². The summed E-state index contributed by atoms with van der Waals surface area (Å²) in [7, 11) is 0. The van der Waals surface area contributed by atoms with Gasteiger partial charge in [0.05, 0.1) is 16.2 Å². The minimum Gasteiger partial charge on any atom is -0.334 e. The average molecular weight is 374 g/mol.